The molecule has 0 spiro atoms. The van der Waals surface area contributed by atoms with Gasteiger partial charge in [0.25, 0.3) is 8.48 Å². The van der Waals surface area contributed by atoms with Crippen LogP contribution < -0.4 is 4.98 Å². The standard InChI is InChI=1S/C9H21NOSi/c1-9(2)7-5-6-8-12(9,10-3)11-4/h10H,5-8H2,1-4H3. The predicted molar refractivity (Wildman–Crippen MR) is 54.5 cm³/mol. The summed E-state index contributed by atoms with van der Waals surface area (Å²) in [6.07, 6.45) is 4.02. The van der Waals surface area contributed by atoms with Crippen LogP contribution in [0.15, 0.2) is 0 Å². The fourth-order valence-electron chi connectivity index (χ4n) is 2.43. The molecule has 12 heavy (non-hydrogen) atoms. The minimum atomic E-state index is -1.61. The summed E-state index contributed by atoms with van der Waals surface area (Å²) in [5, 5.41) is 0.398. The van der Waals surface area contributed by atoms with Gasteiger partial charge in [0.05, 0.1) is 0 Å². The molecule has 1 heterocycles. The quantitative estimate of drug-likeness (QED) is 0.670. The summed E-state index contributed by atoms with van der Waals surface area (Å²) in [7, 11) is 2.32. The summed E-state index contributed by atoms with van der Waals surface area (Å²) in [6.45, 7) is 4.69. The lowest BCUT2D eigenvalue weighted by Gasteiger charge is -2.46. The fraction of sp³-hybridized carbons (Fsp3) is 1.00. The Bertz CT molecular complexity index is 155. The van der Waals surface area contributed by atoms with Crippen molar-refractivity contribution in [3.63, 3.8) is 0 Å². The van der Waals surface area contributed by atoms with E-state index in [-0.39, 0.29) is 0 Å². The lowest BCUT2D eigenvalue weighted by atomic mass is 10.1. The Balaban J connectivity index is 2.81. The van der Waals surface area contributed by atoms with E-state index in [1.54, 1.807) is 0 Å². The summed E-state index contributed by atoms with van der Waals surface area (Å²) in [5.41, 5.74) is 0. The van der Waals surface area contributed by atoms with Gasteiger partial charge in [-0.15, -0.1) is 0 Å². The van der Waals surface area contributed by atoms with E-state index >= 15 is 0 Å². The monoisotopic (exact) mass is 187 g/mol. The van der Waals surface area contributed by atoms with Crippen LogP contribution in [0.5, 0.6) is 0 Å². The number of hydrogen-bond donors (Lipinski definition) is 1. The van der Waals surface area contributed by atoms with E-state index in [0.29, 0.717) is 5.04 Å². The molecule has 0 aromatic heterocycles. The van der Waals surface area contributed by atoms with E-state index < -0.39 is 8.48 Å². The van der Waals surface area contributed by atoms with E-state index in [0.717, 1.165) is 0 Å². The van der Waals surface area contributed by atoms with Gasteiger partial charge in [-0.25, -0.2) is 0 Å². The largest absolute Gasteiger partial charge is 0.406 e. The minimum absolute atomic E-state index is 0.398. The Morgan fingerprint density at radius 2 is 2.00 bits per heavy atom. The van der Waals surface area contributed by atoms with Gasteiger partial charge in [0.2, 0.25) is 0 Å². The molecule has 0 aromatic rings. The molecule has 2 nitrogen and oxygen atoms in total. The smallest absolute Gasteiger partial charge is 0.273 e. The molecule has 1 atom stereocenters. The number of nitrogens with one attached hydrogen (secondary N) is 1. The Morgan fingerprint density at radius 3 is 2.33 bits per heavy atom. The van der Waals surface area contributed by atoms with Crippen molar-refractivity contribution in [2.24, 2.45) is 0 Å². The van der Waals surface area contributed by atoms with Crippen LogP contribution in [0.25, 0.3) is 0 Å². The third-order valence-electron chi connectivity index (χ3n) is 3.43. The van der Waals surface area contributed by atoms with E-state index in [1.807, 2.05) is 7.11 Å². The van der Waals surface area contributed by atoms with Gasteiger partial charge >= 0.3 is 0 Å². The lowest BCUT2D eigenvalue weighted by Crippen LogP contribution is -2.60. The van der Waals surface area contributed by atoms with Crippen molar-refractivity contribution in [3.8, 4) is 0 Å². The van der Waals surface area contributed by atoms with Crippen LogP contribution in [-0.2, 0) is 4.43 Å². The second kappa shape index (κ2) is 3.48. The van der Waals surface area contributed by atoms with Crippen LogP contribution in [0.4, 0.5) is 0 Å². The molecule has 1 fully saturated rings. The molecular weight excluding hydrogens is 166 g/mol. The lowest BCUT2D eigenvalue weighted by molar-refractivity contribution is 0.313. The van der Waals surface area contributed by atoms with Gasteiger partial charge in [0.1, 0.15) is 0 Å². The molecule has 0 saturated carbocycles. The second-order valence-electron chi connectivity index (χ2n) is 4.37. The first-order chi connectivity index (χ1) is 5.58. The molecular formula is C9H21NOSi. The van der Waals surface area contributed by atoms with Gasteiger partial charge in [-0.05, 0) is 24.6 Å². The molecule has 1 saturated heterocycles. The van der Waals surface area contributed by atoms with Crippen LogP contribution in [-0.4, -0.2) is 22.6 Å². The second-order valence-corrected chi connectivity index (χ2v) is 8.79. The molecule has 0 aliphatic carbocycles. The van der Waals surface area contributed by atoms with Crippen LogP contribution in [0.1, 0.15) is 33.1 Å². The zero-order valence-corrected chi connectivity index (χ0v) is 9.74. The average molecular weight is 187 g/mol. The maximum absolute atomic E-state index is 5.77. The normalized spacial score (nSPS) is 35.0. The van der Waals surface area contributed by atoms with E-state index in [1.165, 1.54) is 25.3 Å². The zero-order chi connectivity index (χ0) is 9.24. The van der Waals surface area contributed by atoms with Gasteiger partial charge in [0, 0.05) is 7.11 Å². The SMILES string of the molecule is CN[Si]1(OC)CCCCC1(C)C. The molecule has 0 aromatic carbocycles. The molecule has 0 bridgehead atoms. The Morgan fingerprint density at radius 1 is 1.33 bits per heavy atom. The van der Waals surface area contributed by atoms with Crippen LogP contribution >= 0.6 is 0 Å². The van der Waals surface area contributed by atoms with Gasteiger partial charge in [-0.3, -0.25) is 0 Å². The first kappa shape index (κ1) is 10.2. The number of hydrogen-bond acceptors (Lipinski definition) is 2. The molecule has 0 amide bonds. The highest BCUT2D eigenvalue weighted by Gasteiger charge is 2.49. The van der Waals surface area contributed by atoms with E-state index in [2.05, 4.69) is 25.9 Å². The van der Waals surface area contributed by atoms with Gasteiger partial charge in [0.15, 0.2) is 0 Å². The summed E-state index contributed by atoms with van der Waals surface area (Å²) < 4.78 is 5.77. The third-order valence-corrected chi connectivity index (χ3v) is 8.42. The van der Waals surface area contributed by atoms with Crippen molar-refractivity contribution in [2.75, 3.05) is 14.2 Å². The highest BCUT2D eigenvalue weighted by molar-refractivity contribution is 6.74. The Kier molecular flexibility index (Phi) is 2.96. The Labute approximate surface area is 76.9 Å². The van der Waals surface area contributed by atoms with Crippen molar-refractivity contribution in [3.05, 3.63) is 0 Å². The van der Waals surface area contributed by atoms with Crippen molar-refractivity contribution >= 4 is 8.48 Å². The molecule has 1 aliphatic rings. The summed E-state index contributed by atoms with van der Waals surface area (Å²) >= 11 is 0. The molecule has 1 rings (SSSR count). The maximum Gasteiger partial charge on any atom is 0.273 e. The number of rotatable bonds is 2. The fourth-order valence-corrected chi connectivity index (χ4v) is 6.32. The highest BCUT2D eigenvalue weighted by Crippen LogP contribution is 2.47. The van der Waals surface area contributed by atoms with E-state index in [9.17, 15) is 0 Å². The first-order valence-electron chi connectivity index (χ1n) is 4.82. The van der Waals surface area contributed by atoms with Crippen molar-refractivity contribution in [2.45, 2.75) is 44.2 Å². The average Bonchev–Trinajstić information content (AvgIpc) is 2.05. The molecule has 72 valence electrons. The summed E-state index contributed by atoms with van der Waals surface area (Å²) in [4.78, 5) is 3.47. The Hall–Kier alpha value is 0.137. The molecule has 1 aliphatic heterocycles. The summed E-state index contributed by atoms with van der Waals surface area (Å²) in [5.74, 6) is 0. The molecule has 1 unspecified atom stereocenters. The topological polar surface area (TPSA) is 21.3 Å². The van der Waals surface area contributed by atoms with Crippen molar-refractivity contribution in [1.29, 1.82) is 0 Å². The molecule has 3 heteroatoms. The maximum atomic E-state index is 5.77. The highest BCUT2D eigenvalue weighted by atomic mass is 28.4. The third kappa shape index (κ3) is 1.45. The van der Waals surface area contributed by atoms with Gasteiger partial charge in [-0.2, -0.15) is 0 Å². The zero-order valence-electron chi connectivity index (χ0n) is 8.74. The van der Waals surface area contributed by atoms with Gasteiger partial charge in [-0.1, -0.05) is 26.7 Å². The van der Waals surface area contributed by atoms with Crippen molar-refractivity contribution in [1.82, 2.24) is 4.98 Å². The van der Waals surface area contributed by atoms with Gasteiger partial charge < -0.3 is 9.41 Å². The molecule has 1 N–H and O–H groups in total. The van der Waals surface area contributed by atoms with Crippen LogP contribution in [0.2, 0.25) is 11.1 Å². The van der Waals surface area contributed by atoms with Crippen LogP contribution in [0.3, 0.4) is 0 Å². The van der Waals surface area contributed by atoms with Crippen LogP contribution in [0, 0.1) is 0 Å². The minimum Gasteiger partial charge on any atom is -0.406 e. The molecule has 0 radical (unpaired) electrons. The summed E-state index contributed by atoms with van der Waals surface area (Å²) in [6, 6.07) is 1.27. The first-order valence-corrected chi connectivity index (χ1v) is 6.93. The van der Waals surface area contributed by atoms with E-state index in [4.69, 9.17) is 4.43 Å². The van der Waals surface area contributed by atoms with Crippen molar-refractivity contribution < 1.29 is 4.43 Å². The predicted octanol–water partition coefficient (Wildman–Crippen LogP) is 2.26.